The van der Waals surface area contributed by atoms with Crippen molar-refractivity contribution in [1.82, 2.24) is 19.8 Å². The Kier molecular flexibility index (Phi) is 3.63. The van der Waals surface area contributed by atoms with Crippen LogP contribution in [0.15, 0.2) is 12.4 Å². The monoisotopic (exact) mass is 250 g/mol. The highest BCUT2D eigenvalue weighted by Gasteiger charge is 2.27. The minimum atomic E-state index is 0.598. The van der Waals surface area contributed by atoms with Crippen molar-refractivity contribution in [3.8, 4) is 0 Å². The lowest BCUT2D eigenvalue weighted by Gasteiger charge is -2.36. The third-order valence-electron chi connectivity index (χ3n) is 4.16. The van der Waals surface area contributed by atoms with Gasteiger partial charge in [-0.2, -0.15) is 0 Å². The Morgan fingerprint density at radius 3 is 3.33 bits per heavy atom. The van der Waals surface area contributed by atoms with Crippen molar-refractivity contribution in [2.75, 3.05) is 33.4 Å². The fourth-order valence-electron chi connectivity index (χ4n) is 3.07. The number of hydrogen-bond donors (Lipinski definition) is 1. The quantitative estimate of drug-likeness (QED) is 0.839. The van der Waals surface area contributed by atoms with Crippen molar-refractivity contribution in [3.63, 3.8) is 0 Å². The summed E-state index contributed by atoms with van der Waals surface area (Å²) in [6, 6.07) is 0.598. The lowest BCUT2D eigenvalue weighted by atomic mass is 9.95. The molecule has 100 valence electrons. The summed E-state index contributed by atoms with van der Waals surface area (Å²) in [5.74, 6) is 1.80. The summed E-state index contributed by atoms with van der Waals surface area (Å²) in [7, 11) is 2.06. The van der Waals surface area contributed by atoms with Crippen LogP contribution in [0.5, 0.6) is 0 Å². The van der Waals surface area contributed by atoms with Gasteiger partial charge < -0.3 is 14.6 Å². The van der Waals surface area contributed by atoms with Gasteiger partial charge >= 0.3 is 0 Å². The lowest BCUT2D eigenvalue weighted by Crippen LogP contribution is -2.48. The van der Waals surface area contributed by atoms with Crippen molar-refractivity contribution >= 4 is 0 Å². The average molecular weight is 250 g/mol. The van der Waals surface area contributed by atoms with Crippen LogP contribution in [0.2, 0.25) is 0 Å². The van der Waals surface area contributed by atoms with Crippen LogP contribution in [-0.4, -0.2) is 53.8 Å². The second-order valence-corrected chi connectivity index (χ2v) is 5.29. The predicted molar refractivity (Wildman–Crippen MR) is 69.3 cm³/mol. The zero-order valence-electron chi connectivity index (χ0n) is 11.0. The van der Waals surface area contributed by atoms with E-state index in [0.29, 0.717) is 12.0 Å². The van der Waals surface area contributed by atoms with E-state index in [4.69, 9.17) is 4.74 Å². The molecule has 3 heterocycles. The van der Waals surface area contributed by atoms with Gasteiger partial charge in [-0.15, -0.1) is 0 Å². The molecule has 0 spiro atoms. The zero-order valence-corrected chi connectivity index (χ0v) is 11.0. The Labute approximate surface area is 108 Å². The summed E-state index contributed by atoms with van der Waals surface area (Å²) in [5, 5.41) is 3.43. The second kappa shape index (κ2) is 5.38. The third-order valence-corrected chi connectivity index (χ3v) is 4.16. The van der Waals surface area contributed by atoms with E-state index in [9.17, 15) is 0 Å². The van der Waals surface area contributed by atoms with Crippen LogP contribution in [-0.2, 0) is 17.8 Å². The summed E-state index contributed by atoms with van der Waals surface area (Å²) in [6.45, 7) is 6.05. The summed E-state index contributed by atoms with van der Waals surface area (Å²) >= 11 is 0. The van der Waals surface area contributed by atoms with Crippen LogP contribution in [0.4, 0.5) is 0 Å². The zero-order chi connectivity index (χ0) is 12.4. The van der Waals surface area contributed by atoms with Gasteiger partial charge in [-0.05, 0) is 13.5 Å². The standard InChI is InChI=1S/C13H22N4O/c1-14-12-2-7-18-10-11(12)8-16-5-6-17-4-3-15-13(17)9-16/h3-4,11-12,14H,2,5-10H2,1H3. The summed E-state index contributed by atoms with van der Waals surface area (Å²) in [6.07, 6.45) is 5.11. The number of nitrogens with one attached hydrogen (secondary N) is 1. The highest BCUT2D eigenvalue weighted by Crippen LogP contribution is 2.18. The summed E-state index contributed by atoms with van der Waals surface area (Å²) < 4.78 is 7.88. The molecule has 0 bridgehead atoms. The normalized spacial score (nSPS) is 29.2. The number of aromatic nitrogens is 2. The van der Waals surface area contributed by atoms with Crippen LogP contribution in [0.3, 0.4) is 0 Å². The first kappa shape index (κ1) is 12.1. The van der Waals surface area contributed by atoms with Gasteiger partial charge in [-0.25, -0.2) is 4.98 Å². The Bertz CT molecular complexity index is 392. The second-order valence-electron chi connectivity index (χ2n) is 5.29. The van der Waals surface area contributed by atoms with Crippen molar-refractivity contribution < 1.29 is 4.74 Å². The SMILES string of the molecule is CNC1CCOCC1CN1CCn2ccnc2C1. The van der Waals surface area contributed by atoms with E-state index in [0.717, 1.165) is 45.8 Å². The molecule has 18 heavy (non-hydrogen) atoms. The molecule has 3 rings (SSSR count). The van der Waals surface area contributed by atoms with Crippen molar-refractivity contribution in [3.05, 3.63) is 18.2 Å². The molecular formula is C13H22N4O. The minimum absolute atomic E-state index is 0.598. The van der Waals surface area contributed by atoms with E-state index in [2.05, 4.69) is 33.0 Å². The lowest BCUT2D eigenvalue weighted by molar-refractivity contribution is 0.0144. The fraction of sp³-hybridized carbons (Fsp3) is 0.769. The van der Waals surface area contributed by atoms with E-state index in [1.807, 2.05) is 6.20 Å². The highest BCUT2D eigenvalue weighted by molar-refractivity contribution is 4.96. The van der Waals surface area contributed by atoms with Crippen LogP contribution < -0.4 is 5.32 Å². The summed E-state index contributed by atoms with van der Waals surface area (Å²) in [4.78, 5) is 6.92. The molecule has 2 aliphatic rings. The Hall–Kier alpha value is -0.910. The van der Waals surface area contributed by atoms with E-state index in [1.165, 1.54) is 5.82 Å². The molecule has 0 aliphatic carbocycles. The van der Waals surface area contributed by atoms with Crippen LogP contribution in [0.25, 0.3) is 0 Å². The first-order valence-electron chi connectivity index (χ1n) is 6.84. The number of imidazole rings is 1. The first-order valence-corrected chi connectivity index (χ1v) is 6.84. The van der Waals surface area contributed by atoms with Crippen molar-refractivity contribution in [2.45, 2.75) is 25.6 Å². The smallest absolute Gasteiger partial charge is 0.122 e. The molecule has 1 aromatic rings. The van der Waals surface area contributed by atoms with Gasteiger partial charge in [0.25, 0.3) is 0 Å². The van der Waals surface area contributed by atoms with E-state index in [1.54, 1.807) is 0 Å². The molecule has 5 heteroatoms. The highest BCUT2D eigenvalue weighted by atomic mass is 16.5. The number of nitrogens with zero attached hydrogens (tertiary/aromatic N) is 3. The van der Waals surface area contributed by atoms with Crippen LogP contribution in [0, 0.1) is 5.92 Å². The van der Waals surface area contributed by atoms with Crippen molar-refractivity contribution in [1.29, 1.82) is 0 Å². The largest absolute Gasteiger partial charge is 0.381 e. The average Bonchev–Trinajstić information content (AvgIpc) is 2.87. The molecule has 1 N–H and O–H groups in total. The van der Waals surface area contributed by atoms with Gasteiger partial charge in [0.2, 0.25) is 0 Å². The number of hydrogen-bond acceptors (Lipinski definition) is 4. The minimum Gasteiger partial charge on any atom is -0.381 e. The first-order chi connectivity index (χ1) is 8.86. The Morgan fingerprint density at radius 1 is 1.50 bits per heavy atom. The number of rotatable bonds is 3. The van der Waals surface area contributed by atoms with Gasteiger partial charge in [-0.3, -0.25) is 4.90 Å². The molecule has 0 radical (unpaired) electrons. The predicted octanol–water partition coefficient (Wildman–Crippen LogP) is 0.323. The molecule has 1 fully saturated rings. The molecule has 5 nitrogen and oxygen atoms in total. The fourth-order valence-corrected chi connectivity index (χ4v) is 3.07. The topological polar surface area (TPSA) is 42.3 Å². The summed E-state index contributed by atoms with van der Waals surface area (Å²) in [5.41, 5.74) is 0. The van der Waals surface area contributed by atoms with Crippen LogP contribution >= 0.6 is 0 Å². The maximum Gasteiger partial charge on any atom is 0.122 e. The maximum absolute atomic E-state index is 5.62. The van der Waals surface area contributed by atoms with Gasteiger partial charge in [0.15, 0.2) is 0 Å². The third kappa shape index (κ3) is 2.43. The molecule has 2 aliphatic heterocycles. The van der Waals surface area contributed by atoms with E-state index in [-0.39, 0.29) is 0 Å². The molecule has 0 saturated carbocycles. The van der Waals surface area contributed by atoms with Crippen LogP contribution in [0.1, 0.15) is 12.2 Å². The van der Waals surface area contributed by atoms with E-state index >= 15 is 0 Å². The van der Waals surface area contributed by atoms with Crippen molar-refractivity contribution in [2.24, 2.45) is 5.92 Å². The Morgan fingerprint density at radius 2 is 2.44 bits per heavy atom. The number of fused-ring (bicyclic) bond motifs is 1. The molecular weight excluding hydrogens is 228 g/mol. The molecule has 2 atom stereocenters. The van der Waals surface area contributed by atoms with Gasteiger partial charge in [0, 0.05) is 50.6 Å². The van der Waals surface area contributed by atoms with Gasteiger partial charge in [0.1, 0.15) is 5.82 Å². The Balaban J connectivity index is 1.60. The molecule has 1 saturated heterocycles. The van der Waals surface area contributed by atoms with E-state index < -0.39 is 0 Å². The number of ether oxygens (including phenoxy) is 1. The molecule has 0 amide bonds. The molecule has 2 unspecified atom stereocenters. The van der Waals surface area contributed by atoms with Gasteiger partial charge in [0.05, 0.1) is 13.2 Å². The molecule has 1 aromatic heterocycles. The van der Waals surface area contributed by atoms with Gasteiger partial charge in [-0.1, -0.05) is 0 Å². The molecule has 0 aromatic carbocycles. The maximum atomic E-state index is 5.62.